The topological polar surface area (TPSA) is 64.6 Å². The number of benzene rings is 2. The third kappa shape index (κ3) is 3.14. The summed E-state index contributed by atoms with van der Waals surface area (Å²) in [6, 6.07) is 9.02. The lowest BCUT2D eigenvalue weighted by molar-refractivity contribution is 0.352. The number of hydrogen-bond donors (Lipinski definition) is 1. The van der Waals surface area contributed by atoms with E-state index in [0.717, 1.165) is 5.56 Å². The van der Waals surface area contributed by atoms with Gasteiger partial charge in [-0.1, -0.05) is 17.7 Å². The molecule has 2 rings (SSSR count). The highest BCUT2D eigenvalue weighted by Crippen LogP contribution is 2.35. The minimum Gasteiger partial charge on any atom is -0.494 e. The molecule has 0 aliphatic carbocycles. The van der Waals surface area contributed by atoms with E-state index < -0.39 is 15.8 Å². The maximum absolute atomic E-state index is 14.1. The molecular formula is C15H16FNO4S. The van der Waals surface area contributed by atoms with Crippen molar-refractivity contribution in [1.29, 1.82) is 0 Å². The van der Waals surface area contributed by atoms with Gasteiger partial charge in [-0.05, 0) is 31.2 Å². The Balaban J connectivity index is 2.41. The molecule has 5 nitrogen and oxygen atoms in total. The molecule has 0 aromatic heterocycles. The van der Waals surface area contributed by atoms with Crippen LogP contribution < -0.4 is 14.2 Å². The number of nitrogens with one attached hydrogen (secondary N) is 1. The Labute approximate surface area is 128 Å². The van der Waals surface area contributed by atoms with Gasteiger partial charge in [0, 0.05) is 0 Å². The minimum atomic E-state index is -3.84. The van der Waals surface area contributed by atoms with Gasteiger partial charge in [-0.15, -0.1) is 0 Å². The Morgan fingerprint density at radius 2 is 1.64 bits per heavy atom. The summed E-state index contributed by atoms with van der Waals surface area (Å²) in [5.74, 6) is -1.03. The molecule has 0 radical (unpaired) electrons. The number of aryl methyl sites for hydroxylation is 1. The van der Waals surface area contributed by atoms with Crippen LogP contribution in [0.3, 0.4) is 0 Å². The molecule has 2 aromatic carbocycles. The Hall–Kier alpha value is -2.28. The fraction of sp³-hybridized carbons (Fsp3) is 0.200. The van der Waals surface area contributed by atoms with E-state index in [1.54, 1.807) is 12.1 Å². The average Bonchev–Trinajstić information content (AvgIpc) is 2.48. The van der Waals surface area contributed by atoms with Crippen LogP contribution >= 0.6 is 0 Å². The van der Waals surface area contributed by atoms with E-state index in [0.29, 0.717) is 0 Å². The fourth-order valence-corrected chi connectivity index (χ4v) is 2.96. The predicted molar refractivity (Wildman–Crippen MR) is 81.5 cm³/mol. The molecule has 0 saturated heterocycles. The van der Waals surface area contributed by atoms with Crippen LogP contribution in [0.1, 0.15) is 5.56 Å². The van der Waals surface area contributed by atoms with Crippen molar-refractivity contribution in [2.45, 2.75) is 11.8 Å². The number of anilines is 1. The minimum absolute atomic E-state index is 0.00127. The van der Waals surface area contributed by atoms with E-state index in [-0.39, 0.29) is 22.1 Å². The van der Waals surface area contributed by atoms with Crippen LogP contribution in [0.2, 0.25) is 0 Å². The fourth-order valence-electron chi connectivity index (χ4n) is 1.90. The summed E-state index contributed by atoms with van der Waals surface area (Å²) in [5.41, 5.74) is 0.938. The molecule has 7 heteroatoms. The van der Waals surface area contributed by atoms with Gasteiger partial charge in [-0.3, -0.25) is 4.72 Å². The summed E-state index contributed by atoms with van der Waals surface area (Å²) in [4.78, 5) is 0.0800. The first-order valence-corrected chi connectivity index (χ1v) is 7.87. The molecule has 0 atom stereocenters. The standard InChI is InChI=1S/C15H16FNO4S/c1-10-4-6-11(7-5-10)22(18,19)17-12-8-9-13(20-2)14(16)15(12)21-3/h4-9,17H,1-3H3. The number of sulfonamides is 1. The summed E-state index contributed by atoms with van der Waals surface area (Å²) in [7, 11) is -1.27. The van der Waals surface area contributed by atoms with Gasteiger partial charge in [0.15, 0.2) is 11.5 Å². The molecule has 0 spiro atoms. The van der Waals surface area contributed by atoms with Gasteiger partial charge in [-0.2, -0.15) is 4.39 Å². The van der Waals surface area contributed by atoms with E-state index in [9.17, 15) is 12.8 Å². The zero-order valence-corrected chi connectivity index (χ0v) is 13.2. The predicted octanol–water partition coefficient (Wildman–Crippen LogP) is 2.95. The Bertz CT molecular complexity index is 773. The molecule has 22 heavy (non-hydrogen) atoms. The van der Waals surface area contributed by atoms with Gasteiger partial charge in [0.25, 0.3) is 10.0 Å². The van der Waals surface area contributed by atoms with Crippen LogP contribution in [-0.2, 0) is 10.0 Å². The summed E-state index contributed by atoms with van der Waals surface area (Å²) < 4.78 is 50.8. The molecule has 0 amide bonds. The third-order valence-electron chi connectivity index (χ3n) is 3.06. The molecule has 0 saturated carbocycles. The zero-order chi connectivity index (χ0) is 16.3. The SMILES string of the molecule is COc1ccc(NS(=O)(=O)c2ccc(C)cc2)c(OC)c1F. The highest BCUT2D eigenvalue weighted by molar-refractivity contribution is 7.92. The molecule has 0 aliphatic rings. The molecule has 118 valence electrons. The van der Waals surface area contributed by atoms with E-state index in [2.05, 4.69) is 4.72 Å². The summed E-state index contributed by atoms with van der Waals surface area (Å²) in [6.45, 7) is 1.85. The molecule has 0 fully saturated rings. The summed E-state index contributed by atoms with van der Waals surface area (Å²) >= 11 is 0. The number of ether oxygens (including phenoxy) is 2. The van der Waals surface area contributed by atoms with Crippen molar-refractivity contribution in [2.75, 3.05) is 18.9 Å². The Morgan fingerprint density at radius 3 is 2.18 bits per heavy atom. The first-order chi connectivity index (χ1) is 10.4. The largest absolute Gasteiger partial charge is 0.494 e. The van der Waals surface area contributed by atoms with Gasteiger partial charge in [-0.25, -0.2) is 8.42 Å². The van der Waals surface area contributed by atoms with Crippen LogP contribution in [0.5, 0.6) is 11.5 Å². The Morgan fingerprint density at radius 1 is 1.00 bits per heavy atom. The van der Waals surface area contributed by atoms with E-state index in [4.69, 9.17) is 9.47 Å². The number of rotatable bonds is 5. The lowest BCUT2D eigenvalue weighted by atomic mass is 10.2. The van der Waals surface area contributed by atoms with Gasteiger partial charge in [0.1, 0.15) is 0 Å². The molecule has 2 aromatic rings. The molecule has 0 bridgehead atoms. The second-order valence-corrected chi connectivity index (χ2v) is 6.26. The molecule has 0 heterocycles. The average molecular weight is 325 g/mol. The van der Waals surface area contributed by atoms with Crippen LogP contribution in [0, 0.1) is 12.7 Å². The first kappa shape index (κ1) is 16.1. The van der Waals surface area contributed by atoms with Crippen molar-refractivity contribution in [1.82, 2.24) is 0 Å². The second kappa shape index (κ2) is 6.23. The zero-order valence-electron chi connectivity index (χ0n) is 12.4. The highest BCUT2D eigenvalue weighted by Gasteiger charge is 2.20. The Kier molecular flexibility index (Phi) is 4.56. The van der Waals surface area contributed by atoms with Crippen molar-refractivity contribution in [2.24, 2.45) is 0 Å². The van der Waals surface area contributed by atoms with Crippen molar-refractivity contribution < 1.29 is 22.3 Å². The van der Waals surface area contributed by atoms with E-state index in [1.165, 1.54) is 38.5 Å². The van der Waals surface area contributed by atoms with Crippen molar-refractivity contribution >= 4 is 15.7 Å². The molecule has 0 unspecified atom stereocenters. The van der Waals surface area contributed by atoms with E-state index >= 15 is 0 Å². The monoisotopic (exact) mass is 325 g/mol. The lowest BCUT2D eigenvalue weighted by Gasteiger charge is -2.14. The lowest BCUT2D eigenvalue weighted by Crippen LogP contribution is -2.14. The normalized spacial score (nSPS) is 11.1. The van der Waals surface area contributed by atoms with Gasteiger partial charge < -0.3 is 9.47 Å². The number of halogens is 1. The van der Waals surface area contributed by atoms with Gasteiger partial charge >= 0.3 is 0 Å². The quantitative estimate of drug-likeness (QED) is 0.918. The van der Waals surface area contributed by atoms with Crippen molar-refractivity contribution in [3.63, 3.8) is 0 Å². The van der Waals surface area contributed by atoms with Crippen LogP contribution in [0.25, 0.3) is 0 Å². The maximum atomic E-state index is 14.1. The maximum Gasteiger partial charge on any atom is 0.262 e. The molecule has 1 N–H and O–H groups in total. The summed E-state index contributed by atoms with van der Waals surface area (Å²) in [5, 5.41) is 0. The van der Waals surface area contributed by atoms with Gasteiger partial charge in [0.05, 0.1) is 24.8 Å². The van der Waals surface area contributed by atoms with Crippen LogP contribution in [0.15, 0.2) is 41.3 Å². The number of hydrogen-bond acceptors (Lipinski definition) is 4. The van der Waals surface area contributed by atoms with Crippen molar-refractivity contribution in [3.05, 3.63) is 47.8 Å². The van der Waals surface area contributed by atoms with Crippen molar-refractivity contribution in [3.8, 4) is 11.5 Å². The second-order valence-electron chi connectivity index (χ2n) is 4.58. The van der Waals surface area contributed by atoms with Gasteiger partial charge in [0.2, 0.25) is 5.82 Å². The number of methoxy groups -OCH3 is 2. The molecule has 0 aliphatic heterocycles. The first-order valence-electron chi connectivity index (χ1n) is 6.39. The molecular weight excluding hydrogens is 309 g/mol. The van der Waals surface area contributed by atoms with Crippen LogP contribution in [0.4, 0.5) is 10.1 Å². The van der Waals surface area contributed by atoms with E-state index in [1.807, 2.05) is 6.92 Å². The third-order valence-corrected chi connectivity index (χ3v) is 4.44. The van der Waals surface area contributed by atoms with Crippen LogP contribution in [-0.4, -0.2) is 22.6 Å². The highest BCUT2D eigenvalue weighted by atomic mass is 32.2. The summed E-state index contributed by atoms with van der Waals surface area (Å²) in [6.07, 6.45) is 0. The smallest absolute Gasteiger partial charge is 0.262 e.